The van der Waals surface area contributed by atoms with Crippen LogP contribution in [0.4, 0.5) is 0 Å². The number of rotatable bonds is 5. The van der Waals surface area contributed by atoms with Crippen molar-refractivity contribution in [3.8, 4) is 0 Å². The lowest BCUT2D eigenvalue weighted by atomic mass is 10.2. The number of hydrogen-bond acceptors (Lipinski definition) is 1. The summed E-state index contributed by atoms with van der Waals surface area (Å²) in [6, 6.07) is 0. The van der Waals surface area contributed by atoms with Crippen LogP contribution in [0, 0.1) is 0 Å². The Labute approximate surface area is 66.0 Å². The molecule has 0 aromatic carbocycles. The molecule has 0 amide bonds. The average molecular weight is 171 g/mol. The highest BCUT2D eigenvalue weighted by Gasteiger charge is 1.96. The molecule has 3 heteroatoms. The van der Waals surface area contributed by atoms with Gasteiger partial charge in [0.05, 0.1) is 0 Å². The third kappa shape index (κ3) is 8.54. The van der Waals surface area contributed by atoms with Crippen molar-refractivity contribution in [1.82, 2.24) is 0 Å². The Bertz CT molecular complexity index is 57.0. The van der Waals surface area contributed by atoms with Crippen LogP contribution in [0.2, 0.25) is 0 Å². The molecule has 0 saturated heterocycles. The minimum atomic E-state index is -0.233. The van der Waals surface area contributed by atoms with Crippen molar-refractivity contribution in [3.05, 3.63) is 0 Å². The third-order valence-corrected chi connectivity index (χ3v) is 1.52. The lowest BCUT2D eigenvalue weighted by molar-refractivity contribution is 0.283. The quantitative estimate of drug-likeness (QED) is 0.497. The number of aliphatic hydroxyl groups is 1. The molecule has 0 aliphatic carbocycles. The van der Waals surface area contributed by atoms with Gasteiger partial charge in [-0.15, -0.1) is 23.2 Å². The average Bonchev–Trinajstić information content (AvgIpc) is 1.80. The van der Waals surface area contributed by atoms with Crippen LogP contribution in [0.15, 0.2) is 0 Å². The van der Waals surface area contributed by atoms with Crippen molar-refractivity contribution >= 4 is 23.2 Å². The third-order valence-electron chi connectivity index (χ3n) is 1.08. The Balaban J connectivity index is 2.75. The van der Waals surface area contributed by atoms with Gasteiger partial charge in [0.2, 0.25) is 0 Å². The number of hydrogen-bond donors (Lipinski definition) is 1. The van der Waals surface area contributed by atoms with Crippen LogP contribution in [0.3, 0.4) is 0 Å². The molecule has 0 aliphatic rings. The van der Waals surface area contributed by atoms with Crippen LogP contribution in [-0.2, 0) is 0 Å². The van der Waals surface area contributed by atoms with E-state index in [0.717, 1.165) is 25.7 Å². The molecule has 9 heavy (non-hydrogen) atoms. The van der Waals surface area contributed by atoms with Gasteiger partial charge in [-0.05, 0) is 12.8 Å². The Kier molecular flexibility index (Phi) is 7.06. The van der Waals surface area contributed by atoms with E-state index < -0.39 is 0 Å². The van der Waals surface area contributed by atoms with Crippen molar-refractivity contribution in [2.75, 3.05) is 6.61 Å². The molecule has 0 atom stereocenters. The van der Waals surface area contributed by atoms with Crippen molar-refractivity contribution in [3.63, 3.8) is 0 Å². The van der Waals surface area contributed by atoms with Gasteiger partial charge in [-0.25, -0.2) is 0 Å². The summed E-state index contributed by atoms with van der Waals surface area (Å²) in [6.45, 7) is 0.273. The van der Waals surface area contributed by atoms with Crippen molar-refractivity contribution in [1.29, 1.82) is 0 Å². The number of unbranched alkanes of at least 4 members (excludes halogenated alkanes) is 2. The van der Waals surface area contributed by atoms with Gasteiger partial charge in [-0.1, -0.05) is 12.8 Å². The van der Waals surface area contributed by atoms with Gasteiger partial charge in [-0.2, -0.15) is 0 Å². The van der Waals surface area contributed by atoms with E-state index in [1.165, 1.54) is 0 Å². The summed E-state index contributed by atoms with van der Waals surface area (Å²) in [7, 11) is 0. The van der Waals surface area contributed by atoms with Crippen LogP contribution < -0.4 is 0 Å². The molecule has 0 fully saturated rings. The van der Waals surface area contributed by atoms with Crippen LogP contribution >= 0.6 is 23.2 Å². The molecule has 0 heterocycles. The lowest BCUT2D eigenvalue weighted by Crippen LogP contribution is -1.88. The molecule has 0 aromatic heterocycles. The summed E-state index contributed by atoms with van der Waals surface area (Å²) in [4.78, 5) is -0.233. The van der Waals surface area contributed by atoms with Crippen molar-refractivity contribution in [2.24, 2.45) is 0 Å². The maximum atomic E-state index is 8.37. The monoisotopic (exact) mass is 170 g/mol. The first-order chi connectivity index (χ1) is 4.27. The smallest absolute Gasteiger partial charge is 0.107 e. The maximum Gasteiger partial charge on any atom is 0.107 e. The van der Waals surface area contributed by atoms with Gasteiger partial charge < -0.3 is 5.11 Å². The fourth-order valence-corrected chi connectivity index (χ4v) is 0.896. The van der Waals surface area contributed by atoms with Gasteiger partial charge in [0.25, 0.3) is 0 Å². The van der Waals surface area contributed by atoms with E-state index in [9.17, 15) is 0 Å². The molecule has 0 unspecified atom stereocenters. The lowest BCUT2D eigenvalue weighted by Gasteiger charge is -1.98. The number of aliphatic hydroxyl groups excluding tert-OH is 1. The predicted molar refractivity (Wildman–Crippen MR) is 41.0 cm³/mol. The Morgan fingerprint density at radius 1 is 1.11 bits per heavy atom. The second kappa shape index (κ2) is 6.66. The highest BCUT2D eigenvalue weighted by Crippen LogP contribution is 2.11. The fraction of sp³-hybridized carbons (Fsp3) is 1.00. The summed E-state index contributed by atoms with van der Waals surface area (Å²) in [5.41, 5.74) is 0. The molecule has 0 rings (SSSR count). The van der Waals surface area contributed by atoms with E-state index in [1.54, 1.807) is 0 Å². The Morgan fingerprint density at radius 2 is 1.78 bits per heavy atom. The Hall–Kier alpha value is 0.540. The van der Waals surface area contributed by atoms with Crippen molar-refractivity contribution in [2.45, 2.75) is 30.5 Å². The Morgan fingerprint density at radius 3 is 2.22 bits per heavy atom. The molecular weight excluding hydrogens is 159 g/mol. The van der Waals surface area contributed by atoms with E-state index >= 15 is 0 Å². The van der Waals surface area contributed by atoms with E-state index in [-0.39, 0.29) is 11.4 Å². The summed E-state index contributed by atoms with van der Waals surface area (Å²) < 4.78 is 0. The topological polar surface area (TPSA) is 20.2 Å². The number of alkyl halides is 2. The summed E-state index contributed by atoms with van der Waals surface area (Å²) in [5, 5.41) is 8.37. The van der Waals surface area contributed by atoms with Crippen LogP contribution in [0.25, 0.3) is 0 Å². The zero-order chi connectivity index (χ0) is 7.11. The molecule has 1 nitrogen and oxygen atoms in total. The first-order valence-corrected chi connectivity index (χ1v) is 4.03. The van der Waals surface area contributed by atoms with E-state index in [1.807, 2.05) is 0 Å². The second-order valence-corrected chi connectivity index (χ2v) is 3.24. The minimum absolute atomic E-state index is 0.233. The SMILES string of the molecule is OCCCCCC(Cl)Cl. The zero-order valence-corrected chi connectivity index (χ0v) is 6.83. The predicted octanol–water partition coefficient (Wildman–Crippen LogP) is 2.34. The molecule has 56 valence electrons. The van der Waals surface area contributed by atoms with Gasteiger partial charge >= 0.3 is 0 Å². The summed E-state index contributed by atoms with van der Waals surface area (Å²) >= 11 is 10.9. The largest absolute Gasteiger partial charge is 0.396 e. The van der Waals surface area contributed by atoms with Gasteiger partial charge in [0, 0.05) is 6.61 Å². The molecule has 0 aliphatic heterocycles. The fourth-order valence-electron chi connectivity index (χ4n) is 0.587. The van der Waals surface area contributed by atoms with Crippen molar-refractivity contribution < 1.29 is 5.11 Å². The molecule has 0 aromatic rings. The summed E-state index contributed by atoms with van der Waals surface area (Å²) in [5.74, 6) is 0. The van der Waals surface area contributed by atoms with Crippen LogP contribution in [-0.4, -0.2) is 16.5 Å². The summed E-state index contributed by atoms with van der Waals surface area (Å²) in [6.07, 6.45) is 3.73. The molecule has 1 N–H and O–H groups in total. The van der Waals surface area contributed by atoms with E-state index in [0.29, 0.717) is 0 Å². The zero-order valence-electron chi connectivity index (χ0n) is 5.32. The molecule has 0 radical (unpaired) electrons. The number of halogens is 2. The maximum absolute atomic E-state index is 8.37. The van der Waals surface area contributed by atoms with Gasteiger partial charge in [0.1, 0.15) is 4.84 Å². The van der Waals surface area contributed by atoms with Crippen LogP contribution in [0.1, 0.15) is 25.7 Å². The standard InChI is InChI=1S/C6H12Cl2O/c7-6(8)4-2-1-3-5-9/h6,9H,1-5H2. The molecule has 0 bridgehead atoms. The van der Waals surface area contributed by atoms with E-state index in [4.69, 9.17) is 28.3 Å². The second-order valence-electron chi connectivity index (χ2n) is 1.96. The normalized spacial score (nSPS) is 10.7. The molecular formula is C6H12Cl2O. The van der Waals surface area contributed by atoms with Gasteiger partial charge in [0.15, 0.2) is 0 Å². The molecule has 0 saturated carbocycles. The van der Waals surface area contributed by atoms with E-state index in [2.05, 4.69) is 0 Å². The first kappa shape index (κ1) is 9.54. The highest BCUT2D eigenvalue weighted by atomic mass is 35.5. The van der Waals surface area contributed by atoms with Crippen LogP contribution in [0.5, 0.6) is 0 Å². The first-order valence-electron chi connectivity index (χ1n) is 3.16. The minimum Gasteiger partial charge on any atom is -0.396 e. The van der Waals surface area contributed by atoms with Gasteiger partial charge in [-0.3, -0.25) is 0 Å². The molecule has 0 spiro atoms. The highest BCUT2D eigenvalue weighted by molar-refractivity contribution is 6.44.